The SMILES string of the molecule is CCN1CCN([C@@H](c2cccnc2)c2c(NC(=O)c3ccco3)sc(C)c2C)CC1. The lowest BCUT2D eigenvalue weighted by Gasteiger charge is -2.39. The van der Waals surface area contributed by atoms with Gasteiger partial charge in [-0.3, -0.25) is 14.7 Å². The molecule has 0 bridgehead atoms. The second-order valence-electron chi connectivity index (χ2n) is 7.62. The Morgan fingerprint density at radius 1 is 1.23 bits per heavy atom. The lowest BCUT2D eigenvalue weighted by atomic mass is 9.95. The number of aryl methyl sites for hydroxylation is 1. The molecule has 6 nitrogen and oxygen atoms in total. The molecule has 1 amide bonds. The van der Waals surface area contributed by atoms with Gasteiger partial charge in [0.15, 0.2) is 5.76 Å². The molecular formula is C23H28N4O2S. The molecule has 7 heteroatoms. The molecule has 0 aromatic carbocycles. The number of carbonyl (C=O) groups excluding carboxylic acids is 1. The molecule has 4 rings (SSSR count). The van der Waals surface area contributed by atoms with Crippen LogP contribution in [0.3, 0.4) is 0 Å². The molecule has 1 saturated heterocycles. The van der Waals surface area contributed by atoms with Crippen molar-refractivity contribution in [2.45, 2.75) is 26.8 Å². The fourth-order valence-corrected chi connectivity index (χ4v) is 5.16. The van der Waals surface area contributed by atoms with Gasteiger partial charge >= 0.3 is 0 Å². The maximum absolute atomic E-state index is 12.7. The number of anilines is 1. The van der Waals surface area contributed by atoms with E-state index in [0.717, 1.165) is 48.9 Å². The Morgan fingerprint density at radius 2 is 2.03 bits per heavy atom. The number of rotatable bonds is 6. The maximum Gasteiger partial charge on any atom is 0.291 e. The molecule has 1 fully saturated rings. The smallest absolute Gasteiger partial charge is 0.291 e. The summed E-state index contributed by atoms with van der Waals surface area (Å²) in [5.41, 5.74) is 3.54. The first-order chi connectivity index (χ1) is 14.6. The number of furan rings is 1. The molecule has 4 heterocycles. The summed E-state index contributed by atoms with van der Waals surface area (Å²) in [6, 6.07) is 7.58. The zero-order valence-corrected chi connectivity index (χ0v) is 18.5. The molecule has 0 unspecified atom stereocenters. The van der Waals surface area contributed by atoms with Crippen molar-refractivity contribution >= 4 is 22.2 Å². The zero-order valence-electron chi connectivity index (χ0n) is 17.7. The Balaban J connectivity index is 1.72. The van der Waals surface area contributed by atoms with Crippen molar-refractivity contribution in [2.75, 3.05) is 38.0 Å². The lowest BCUT2D eigenvalue weighted by Crippen LogP contribution is -2.47. The van der Waals surface area contributed by atoms with Gasteiger partial charge in [0.2, 0.25) is 0 Å². The number of pyridine rings is 1. The number of nitrogens with one attached hydrogen (secondary N) is 1. The van der Waals surface area contributed by atoms with Gasteiger partial charge in [0, 0.05) is 49.0 Å². The van der Waals surface area contributed by atoms with Gasteiger partial charge in [-0.1, -0.05) is 13.0 Å². The standard InChI is InChI=1S/C23H28N4O2S/c1-4-26-10-12-27(13-11-26)21(18-7-5-9-24-15-18)20-16(2)17(3)30-23(20)25-22(28)19-8-6-14-29-19/h5-9,14-15,21H,4,10-13H2,1-3H3,(H,25,28)/t21-/m0/s1. The van der Waals surface area contributed by atoms with Crippen LogP contribution in [0.25, 0.3) is 0 Å². The Morgan fingerprint density at radius 3 is 2.67 bits per heavy atom. The number of aromatic nitrogens is 1. The summed E-state index contributed by atoms with van der Waals surface area (Å²) in [6.07, 6.45) is 5.27. The first-order valence-electron chi connectivity index (χ1n) is 10.4. The highest BCUT2D eigenvalue weighted by Gasteiger charge is 2.31. The van der Waals surface area contributed by atoms with Crippen LogP contribution in [0.4, 0.5) is 5.00 Å². The van der Waals surface area contributed by atoms with Gasteiger partial charge in [0.1, 0.15) is 5.00 Å². The van der Waals surface area contributed by atoms with Crippen molar-refractivity contribution < 1.29 is 9.21 Å². The third-order valence-electron chi connectivity index (χ3n) is 5.90. The topological polar surface area (TPSA) is 61.6 Å². The van der Waals surface area contributed by atoms with Crippen molar-refractivity contribution in [1.29, 1.82) is 0 Å². The Kier molecular flexibility index (Phi) is 6.32. The highest BCUT2D eigenvalue weighted by atomic mass is 32.1. The van der Waals surface area contributed by atoms with Crippen LogP contribution in [0.2, 0.25) is 0 Å². The van der Waals surface area contributed by atoms with Crippen LogP contribution in [0, 0.1) is 13.8 Å². The van der Waals surface area contributed by atoms with Gasteiger partial charge in [-0.05, 0) is 49.7 Å². The summed E-state index contributed by atoms with van der Waals surface area (Å²) in [6.45, 7) is 11.6. The lowest BCUT2D eigenvalue weighted by molar-refractivity contribution is 0.0995. The molecule has 158 valence electrons. The minimum absolute atomic E-state index is 0.0505. The second kappa shape index (κ2) is 9.12. The fourth-order valence-electron chi connectivity index (χ4n) is 4.07. The second-order valence-corrected chi connectivity index (χ2v) is 8.84. The van der Waals surface area contributed by atoms with E-state index in [1.54, 1.807) is 29.7 Å². The summed E-state index contributed by atoms with van der Waals surface area (Å²) in [5.74, 6) is 0.0994. The zero-order chi connectivity index (χ0) is 21.1. The number of nitrogens with zero attached hydrogens (tertiary/aromatic N) is 3. The molecule has 0 saturated carbocycles. The Hall–Kier alpha value is -2.48. The number of amides is 1. The number of likely N-dealkylation sites (N-methyl/N-ethyl adjacent to an activating group) is 1. The number of hydrogen-bond donors (Lipinski definition) is 1. The molecule has 1 aliphatic rings. The van der Waals surface area contributed by atoms with Crippen LogP contribution in [0.1, 0.15) is 45.1 Å². The molecular weight excluding hydrogens is 396 g/mol. The molecule has 0 aliphatic carbocycles. The normalized spacial score (nSPS) is 16.5. The summed E-state index contributed by atoms with van der Waals surface area (Å²) < 4.78 is 5.30. The molecule has 3 aromatic rings. The average Bonchev–Trinajstić information content (AvgIpc) is 3.40. The van der Waals surface area contributed by atoms with Crippen molar-refractivity contribution in [2.24, 2.45) is 0 Å². The van der Waals surface area contributed by atoms with E-state index in [2.05, 4.69) is 46.9 Å². The van der Waals surface area contributed by atoms with Gasteiger partial charge in [0.05, 0.1) is 12.3 Å². The van der Waals surface area contributed by atoms with E-state index in [1.807, 2.05) is 12.3 Å². The highest BCUT2D eigenvalue weighted by molar-refractivity contribution is 7.16. The number of thiophene rings is 1. The van der Waals surface area contributed by atoms with Crippen LogP contribution < -0.4 is 5.32 Å². The molecule has 1 aliphatic heterocycles. The van der Waals surface area contributed by atoms with Crippen LogP contribution >= 0.6 is 11.3 Å². The van der Waals surface area contributed by atoms with Crippen LogP contribution in [-0.4, -0.2) is 53.4 Å². The van der Waals surface area contributed by atoms with Crippen molar-refractivity contribution in [1.82, 2.24) is 14.8 Å². The molecule has 1 N–H and O–H groups in total. The van der Waals surface area contributed by atoms with Crippen molar-refractivity contribution in [3.8, 4) is 0 Å². The molecule has 1 atom stereocenters. The first kappa shape index (κ1) is 20.8. The predicted octanol–water partition coefficient (Wildman–Crippen LogP) is 4.33. The maximum atomic E-state index is 12.7. The number of carbonyl (C=O) groups is 1. The number of piperazine rings is 1. The summed E-state index contributed by atoms with van der Waals surface area (Å²) in [7, 11) is 0. The van der Waals surface area contributed by atoms with Gasteiger partial charge in [0.25, 0.3) is 5.91 Å². The Bertz CT molecular complexity index is 976. The van der Waals surface area contributed by atoms with Crippen LogP contribution in [0.15, 0.2) is 47.3 Å². The van der Waals surface area contributed by atoms with Crippen molar-refractivity contribution in [3.05, 3.63) is 70.3 Å². The Labute approximate surface area is 181 Å². The summed E-state index contributed by atoms with van der Waals surface area (Å²) in [5, 5.41) is 4.00. The van der Waals surface area contributed by atoms with Crippen LogP contribution in [-0.2, 0) is 0 Å². The molecule has 30 heavy (non-hydrogen) atoms. The van der Waals surface area contributed by atoms with E-state index >= 15 is 0 Å². The van der Waals surface area contributed by atoms with Gasteiger partial charge < -0.3 is 14.6 Å². The number of hydrogen-bond acceptors (Lipinski definition) is 6. The van der Waals surface area contributed by atoms with E-state index in [1.165, 1.54) is 16.7 Å². The quantitative estimate of drug-likeness (QED) is 0.638. The van der Waals surface area contributed by atoms with Crippen molar-refractivity contribution in [3.63, 3.8) is 0 Å². The summed E-state index contributed by atoms with van der Waals surface area (Å²) >= 11 is 1.63. The minimum Gasteiger partial charge on any atom is -0.459 e. The van der Waals surface area contributed by atoms with E-state index in [4.69, 9.17) is 4.42 Å². The largest absolute Gasteiger partial charge is 0.459 e. The predicted molar refractivity (Wildman–Crippen MR) is 120 cm³/mol. The third kappa shape index (κ3) is 4.19. The first-order valence-corrected chi connectivity index (χ1v) is 11.2. The summed E-state index contributed by atoms with van der Waals surface area (Å²) in [4.78, 5) is 23.3. The third-order valence-corrected chi connectivity index (χ3v) is 7.04. The van der Waals surface area contributed by atoms with E-state index in [9.17, 15) is 4.79 Å². The molecule has 0 radical (unpaired) electrons. The van der Waals surface area contributed by atoms with E-state index in [0.29, 0.717) is 5.76 Å². The van der Waals surface area contributed by atoms with E-state index in [-0.39, 0.29) is 11.9 Å². The molecule has 3 aromatic heterocycles. The fraction of sp³-hybridized carbons (Fsp3) is 0.391. The average molecular weight is 425 g/mol. The highest BCUT2D eigenvalue weighted by Crippen LogP contribution is 2.42. The monoisotopic (exact) mass is 424 g/mol. The van der Waals surface area contributed by atoms with Gasteiger partial charge in [-0.25, -0.2) is 0 Å². The van der Waals surface area contributed by atoms with Crippen LogP contribution in [0.5, 0.6) is 0 Å². The minimum atomic E-state index is -0.219. The van der Waals surface area contributed by atoms with Gasteiger partial charge in [-0.2, -0.15) is 0 Å². The van der Waals surface area contributed by atoms with Gasteiger partial charge in [-0.15, -0.1) is 11.3 Å². The molecule has 0 spiro atoms. The van der Waals surface area contributed by atoms with E-state index < -0.39 is 0 Å².